The van der Waals surface area contributed by atoms with Crippen molar-refractivity contribution in [3.8, 4) is 0 Å². The molecular weight excluding hydrogens is 178 g/mol. The second-order valence-corrected chi connectivity index (χ2v) is 3.45. The zero-order valence-corrected chi connectivity index (χ0v) is 8.11. The molecule has 0 aromatic heterocycles. The van der Waals surface area contributed by atoms with Crippen LogP contribution in [0, 0.1) is 0 Å². The summed E-state index contributed by atoms with van der Waals surface area (Å²) in [5.74, 6) is 0. The smallest absolute Gasteiger partial charge is 0.158 e. The Morgan fingerprint density at radius 2 is 1.79 bits per heavy atom. The summed E-state index contributed by atoms with van der Waals surface area (Å²) in [7, 11) is 0. The molecule has 0 saturated carbocycles. The first-order valence-electron chi connectivity index (χ1n) is 4.92. The fourth-order valence-electron chi connectivity index (χ4n) is 1.54. The third-order valence-corrected chi connectivity index (χ3v) is 2.34. The minimum atomic E-state index is -0.00690. The van der Waals surface area contributed by atoms with E-state index in [1.807, 2.05) is 24.3 Å². The van der Waals surface area contributed by atoms with E-state index in [9.17, 15) is 0 Å². The molecule has 1 aliphatic heterocycles. The van der Waals surface area contributed by atoms with Crippen LogP contribution in [0.15, 0.2) is 24.3 Å². The monoisotopic (exact) mass is 193 g/mol. The molecule has 1 heterocycles. The van der Waals surface area contributed by atoms with Gasteiger partial charge in [0, 0.05) is 12.1 Å². The highest BCUT2D eigenvalue weighted by atomic mass is 16.7. The van der Waals surface area contributed by atoms with Crippen LogP contribution in [0.2, 0.25) is 0 Å². The molecule has 1 saturated heterocycles. The number of hydrogen-bond acceptors (Lipinski definition) is 3. The molecule has 3 nitrogen and oxygen atoms in total. The third kappa shape index (κ3) is 2.47. The number of hydrogen-bond donors (Lipinski definition) is 1. The summed E-state index contributed by atoms with van der Waals surface area (Å²) >= 11 is 0. The van der Waals surface area contributed by atoms with Gasteiger partial charge in [0.25, 0.3) is 0 Å². The van der Waals surface area contributed by atoms with Crippen LogP contribution in [0.25, 0.3) is 0 Å². The number of nitrogen functional groups attached to an aromatic ring is 1. The summed E-state index contributed by atoms with van der Waals surface area (Å²) in [5, 5.41) is 0. The Kier molecular flexibility index (Phi) is 3.01. The van der Waals surface area contributed by atoms with Crippen LogP contribution in [0.1, 0.15) is 12.0 Å². The Morgan fingerprint density at radius 1 is 1.14 bits per heavy atom. The van der Waals surface area contributed by atoms with Crippen LogP contribution in [-0.2, 0) is 15.9 Å². The lowest BCUT2D eigenvalue weighted by molar-refractivity contribution is -0.0461. The first-order valence-corrected chi connectivity index (χ1v) is 4.92. The Labute approximate surface area is 83.8 Å². The van der Waals surface area contributed by atoms with Gasteiger partial charge in [0.05, 0.1) is 13.2 Å². The van der Waals surface area contributed by atoms with Gasteiger partial charge in [0.1, 0.15) is 0 Å². The van der Waals surface area contributed by atoms with Gasteiger partial charge in [-0.05, 0) is 24.1 Å². The van der Waals surface area contributed by atoms with Gasteiger partial charge in [-0.3, -0.25) is 0 Å². The predicted octanol–water partition coefficient (Wildman–Crippen LogP) is 1.57. The normalized spacial score (nSPS) is 17.4. The summed E-state index contributed by atoms with van der Waals surface area (Å²) in [4.78, 5) is 0. The largest absolute Gasteiger partial charge is 0.399 e. The van der Waals surface area contributed by atoms with Crippen LogP contribution < -0.4 is 5.73 Å². The van der Waals surface area contributed by atoms with Crippen molar-refractivity contribution in [1.82, 2.24) is 0 Å². The Bertz CT molecular complexity index is 278. The molecule has 3 heteroatoms. The Morgan fingerprint density at radius 3 is 2.43 bits per heavy atom. The highest BCUT2D eigenvalue weighted by Crippen LogP contribution is 2.13. The van der Waals surface area contributed by atoms with Crippen LogP contribution in [0.5, 0.6) is 0 Å². The molecule has 0 atom stereocenters. The minimum Gasteiger partial charge on any atom is -0.399 e. The van der Waals surface area contributed by atoms with Crippen LogP contribution >= 0.6 is 0 Å². The van der Waals surface area contributed by atoms with Crippen molar-refractivity contribution in [3.63, 3.8) is 0 Å². The lowest BCUT2D eigenvalue weighted by Crippen LogP contribution is -2.08. The van der Waals surface area contributed by atoms with Gasteiger partial charge in [-0.15, -0.1) is 0 Å². The number of anilines is 1. The molecule has 0 bridgehead atoms. The van der Waals surface area contributed by atoms with E-state index in [1.165, 1.54) is 5.56 Å². The predicted molar refractivity (Wildman–Crippen MR) is 54.9 cm³/mol. The average Bonchev–Trinajstić information content (AvgIpc) is 2.70. The SMILES string of the molecule is Nc1ccc(CCC2OCCO2)cc1. The van der Waals surface area contributed by atoms with Crippen molar-refractivity contribution >= 4 is 5.69 Å². The molecule has 2 rings (SSSR count). The molecule has 14 heavy (non-hydrogen) atoms. The molecule has 0 aliphatic carbocycles. The zero-order chi connectivity index (χ0) is 9.80. The second kappa shape index (κ2) is 4.44. The highest BCUT2D eigenvalue weighted by Gasteiger charge is 2.14. The summed E-state index contributed by atoms with van der Waals surface area (Å²) < 4.78 is 10.7. The van der Waals surface area contributed by atoms with E-state index in [4.69, 9.17) is 15.2 Å². The van der Waals surface area contributed by atoms with Gasteiger partial charge in [0.2, 0.25) is 0 Å². The molecule has 0 radical (unpaired) electrons. The topological polar surface area (TPSA) is 44.5 Å². The second-order valence-electron chi connectivity index (χ2n) is 3.45. The molecule has 76 valence electrons. The van der Waals surface area contributed by atoms with Crippen molar-refractivity contribution in [1.29, 1.82) is 0 Å². The van der Waals surface area contributed by atoms with E-state index in [1.54, 1.807) is 0 Å². The van der Waals surface area contributed by atoms with E-state index in [0.717, 1.165) is 31.7 Å². The average molecular weight is 193 g/mol. The number of aryl methyl sites for hydroxylation is 1. The maximum Gasteiger partial charge on any atom is 0.158 e. The summed E-state index contributed by atoms with van der Waals surface area (Å²) in [6.45, 7) is 1.46. The van der Waals surface area contributed by atoms with Crippen LogP contribution in [0.4, 0.5) is 5.69 Å². The van der Waals surface area contributed by atoms with Gasteiger partial charge < -0.3 is 15.2 Å². The molecule has 1 aliphatic rings. The van der Waals surface area contributed by atoms with Crippen molar-refractivity contribution in [2.24, 2.45) is 0 Å². The van der Waals surface area contributed by atoms with Crippen molar-refractivity contribution in [2.75, 3.05) is 18.9 Å². The maximum absolute atomic E-state index is 5.60. The number of nitrogens with two attached hydrogens (primary N) is 1. The van der Waals surface area contributed by atoms with Crippen LogP contribution in [-0.4, -0.2) is 19.5 Å². The first-order chi connectivity index (χ1) is 6.84. The first kappa shape index (κ1) is 9.49. The van der Waals surface area contributed by atoms with E-state index >= 15 is 0 Å². The molecule has 1 fully saturated rings. The highest BCUT2D eigenvalue weighted by molar-refractivity contribution is 5.39. The van der Waals surface area contributed by atoms with Gasteiger partial charge in [-0.1, -0.05) is 12.1 Å². The van der Waals surface area contributed by atoms with E-state index in [-0.39, 0.29) is 6.29 Å². The summed E-state index contributed by atoms with van der Waals surface area (Å²) in [6, 6.07) is 7.94. The van der Waals surface area contributed by atoms with Gasteiger partial charge in [0.15, 0.2) is 6.29 Å². The molecular formula is C11H15NO2. The molecule has 2 N–H and O–H groups in total. The molecule has 0 unspecified atom stereocenters. The molecule has 1 aromatic rings. The standard InChI is InChI=1S/C11H15NO2/c12-10-4-1-9(2-5-10)3-6-11-13-7-8-14-11/h1-2,4-5,11H,3,6-8,12H2. The fraction of sp³-hybridized carbons (Fsp3) is 0.455. The summed E-state index contributed by atoms with van der Waals surface area (Å²) in [6.07, 6.45) is 1.89. The molecule has 1 aromatic carbocycles. The van der Waals surface area contributed by atoms with Crippen molar-refractivity contribution in [2.45, 2.75) is 19.1 Å². The van der Waals surface area contributed by atoms with Crippen molar-refractivity contribution in [3.05, 3.63) is 29.8 Å². The van der Waals surface area contributed by atoms with Gasteiger partial charge in [-0.2, -0.15) is 0 Å². The molecule has 0 amide bonds. The quantitative estimate of drug-likeness (QED) is 0.741. The maximum atomic E-state index is 5.60. The van der Waals surface area contributed by atoms with Gasteiger partial charge >= 0.3 is 0 Å². The fourth-order valence-corrected chi connectivity index (χ4v) is 1.54. The van der Waals surface area contributed by atoms with Gasteiger partial charge in [-0.25, -0.2) is 0 Å². The molecule has 0 spiro atoms. The third-order valence-electron chi connectivity index (χ3n) is 2.34. The van der Waals surface area contributed by atoms with Crippen LogP contribution in [0.3, 0.4) is 0 Å². The zero-order valence-electron chi connectivity index (χ0n) is 8.11. The van der Waals surface area contributed by atoms with E-state index < -0.39 is 0 Å². The number of rotatable bonds is 3. The van der Waals surface area contributed by atoms with E-state index in [0.29, 0.717) is 0 Å². The Balaban J connectivity index is 1.82. The minimum absolute atomic E-state index is 0.00690. The van der Waals surface area contributed by atoms with Crippen molar-refractivity contribution < 1.29 is 9.47 Å². The lowest BCUT2D eigenvalue weighted by atomic mass is 10.1. The summed E-state index contributed by atoms with van der Waals surface area (Å²) in [5.41, 5.74) is 7.68. The number of benzene rings is 1. The lowest BCUT2D eigenvalue weighted by Gasteiger charge is -2.08. The Hall–Kier alpha value is -1.06. The van der Waals surface area contributed by atoms with E-state index in [2.05, 4.69) is 0 Å². The number of ether oxygens (including phenoxy) is 2.